The van der Waals surface area contributed by atoms with E-state index in [-0.39, 0.29) is 17.1 Å². The summed E-state index contributed by atoms with van der Waals surface area (Å²) in [5, 5.41) is 12.1. The van der Waals surface area contributed by atoms with E-state index in [9.17, 15) is 14.7 Å². The van der Waals surface area contributed by atoms with Crippen molar-refractivity contribution in [3.05, 3.63) is 33.7 Å². The second kappa shape index (κ2) is 7.77. The van der Waals surface area contributed by atoms with Gasteiger partial charge in [-0.25, -0.2) is 0 Å². The first-order valence-corrected chi connectivity index (χ1v) is 9.17. The second-order valence-corrected chi connectivity index (χ2v) is 7.09. The van der Waals surface area contributed by atoms with Crippen LogP contribution >= 0.6 is 11.3 Å². The molecule has 0 spiro atoms. The van der Waals surface area contributed by atoms with E-state index in [4.69, 9.17) is 0 Å². The zero-order valence-corrected chi connectivity index (χ0v) is 14.9. The smallest absolute Gasteiger partial charge is 0.290 e. The molecule has 1 aliphatic rings. The highest BCUT2D eigenvalue weighted by Crippen LogP contribution is 2.40. The zero-order valence-electron chi connectivity index (χ0n) is 14.0. The van der Waals surface area contributed by atoms with Gasteiger partial charge in [0.05, 0.1) is 11.6 Å². The first-order valence-electron chi connectivity index (χ1n) is 8.29. The lowest BCUT2D eigenvalue weighted by molar-refractivity contribution is -0.130. The maximum absolute atomic E-state index is 12.5. The van der Waals surface area contributed by atoms with E-state index < -0.39 is 11.9 Å². The lowest BCUT2D eigenvalue weighted by Gasteiger charge is -2.29. The summed E-state index contributed by atoms with van der Waals surface area (Å²) in [5.74, 6) is -0.636. The summed E-state index contributed by atoms with van der Waals surface area (Å²) in [6.45, 7) is 6.28. The van der Waals surface area contributed by atoms with E-state index in [1.165, 1.54) is 18.3 Å². The lowest BCUT2D eigenvalue weighted by Crippen LogP contribution is -2.35. The van der Waals surface area contributed by atoms with Crippen molar-refractivity contribution < 1.29 is 14.7 Å². The molecule has 1 aromatic rings. The summed E-state index contributed by atoms with van der Waals surface area (Å²) in [5.41, 5.74) is 0.239. The Balaban J connectivity index is 2.30. The van der Waals surface area contributed by atoms with Crippen LogP contribution in [0.4, 0.5) is 0 Å². The standard InChI is InChI=1S/C18H25NO3S/c1-4-6-8-13(5-2)11-19-16(14-9-7-10-23-14)15(12(3)20)17(21)18(19)22/h7,9-10,13,16,21H,4-6,8,11H2,1-3H3/t13-,16+/m0/s1. The number of aliphatic hydroxyl groups is 1. The van der Waals surface area contributed by atoms with Gasteiger partial charge in [0.15, 0.2) is 11.5 Å². The Morgan fingerprint density at radius 3 is 2.70 bits per heavy atom. The number of aliphatic hydroxyl groups excluding tert-OH is 1. The molecule has 0 aliphatic carbocycles. The van der Waals surface area contributed by atoms with Crippen LogP contribution in [0.2, 0.25) is 0 Å². The highest BCUT2D eigenvalue weighted by atomic mass is 32.1. The predicted octanol–water partition coefficient (Wildman–Crippen LogP) is 4.25. The van der Waals surface area contributed by atoms with Crippen LogP contribution in [0.5, 0.6) is 0 Å². The van der Waals surface area contributed by atoms with Gasteiger partial charge in [0.1, 0.15) is 0 Å². The third kappa shape index (κ3) is 3.66. The van der Waals surface area contributed by atoms with E-state index in [1.54, 1.807) is 4.90 Å². The molecule has 126 valence electrons. The van der Waals surface area contributed by atoms with Gasteiger partial charge in [-0.05, 0) is 30.7 Å². The van der Waals surface area contributed by atoms with Gasteiger partial charge in [-0.3, -0.25) is 9.59 Å². The van der Waals surface area contributed by atoms with Crippen LogP contribution in [0.1, 0.15) is 57.4 Å². The number of hydrogen-bond donors (Lipinski definition) is 1. The quantitative estimate of drug-likeness (QED) is 0.772. The van der Waals surface area contributed by atoms with E-state index in [1.807, 2.05) is 17.5 Å². The van der Waals surface area contributed by atoms with Crippen LogP contribution in [-0.2, 0) is 9.59 Å². The summed E-state index contributed by atoms with van der Waals surface area (Å²) in [4.78, 5) is 27.1. The van der Waals surface area contributed by atoms with Crippen molar-refractivity contribution in [2.24, 2.45) is 5.92 Å². The Bertz CT molecular complexity index is 591. The van der Waals surface area contributed by atoms with Crippen LogP contribution in [0.15, 0.2) is 28.8 Å². The molecule has 0 fully saturated rings. The number of carbonyl (C=O) groups is 2. The van der Waals surface area contributed by atoms with Crippen LogP contribution in [-0.4, -0.2) is 28.2 Å². The first-order chi connectivity index (χ1) is 11.0. The van der Waals surface area contributed by atoms with Gasteiger partial charge >= 0.3 is 0 Å². The Labute approximate surface area is 141 Å². The molecule has 0 aromatic carbocycles. The highest BCUT2D eigenvalue weighted by Gasteiger charge is 2.43. The van der Waals surface area contributed by atoms with Crippen LogP contribution in [0.3, 0.4) is 0 Å². The van der Waals surface area contributed by atoms with Crippen molar-refractivity contribution in [2.45, 2.75) is 52.5 Å². The Morgan fingerprint density at radius 1 is 1.43 bits per heavy atom. The molecule has 0 radical (unpaired) electrons. The van der Waals surface area contributed by atoms with E-state index in [2.05, 4.69) is 13.8 Å². The number of carbonyl (C=O) groups excluding carboxylic acids is 2. The molecule has 2 atom stereocenters. The summed E-state index contributed by atoms with van der Waals surface area (Å²) in [7, 11) is 0. The number of hydrogen-bond acceptors (Lipinski definition) is 4. The molecule has 23 heavy (non-hydrogen) atoms. The third-order valence-electron chi connectivity index (χ3n) is 4.49. The van der Waals surface area contributed by atoms with Crippen molar-refractivity contribution in [3.63, 3.8) is 0 Å². The zero-order chi connectivity index (χ0) is 17.0. The minimum Gasteiger partial charge on any atom is -0.503 e. The molecule has 1 aromatic heterocycles. The largest absolute Gasteiger partial charge is 0.503 e. The molecular formula is C18H25NO3S. The van der Waals surface area contributed by atoms with Crippen molar-refractivity contribution in [3.8, 4) is 0 Å². The minimum atomic E-state index is -0.435. The molecule has 2 heterocycles. The average molecular weight is 335 g/mol. The molecule has 0 saturated heterocycles. The second-order valence-electron chi connectivity index (χ2n) is 6.11. The Kier molecular flexibility index (Phi) is 5.99. The van der Waals surface area contributed by atoms with Gasteiger partial charge in [-0.1, -0.05) is 39.2 Å². The number of rotatable bonds is 8. The third-order valence-corrected chi connectivity index (χ3v) is 5.42. The van der Waals surface area contributed by atoms with Crippen LogP contribution in [0, 0.1) is 5.92 Å². The van der Waals surface area contributed by atoms with Gasteiger partial charge in [0.25, 0.3) is 5.91 Å². The molecule has 5 heteroatoms. The molecule has 1 amide bonds. The highest BCUT2D eigenvalue weighted by molar-refractivity contribution is 7.10. The maximum atomic E-state index is 12.5. The number of ketones is 1. The molecule has 0 bridgehead atoms. The lowest BCUT2D eigenvalue weighted by atomic mass is 9.97. The Hall–Kier alpha value is -1.62. The number of unbranched alkanes of at least 4 members (excludes halogenated alkanes) is 1. The molecular weight excluding hydrogens is 310 g/mol. The van der Waals surface area contributed by atoms with Gasteiger partial charge < -0.3 is 10.0 Å². The summed E-state index contributed by atoms with van der Waals surface area (Å²) in [6.07, 6.45) is 4.30. The van der Waals surface area contributed by atoms with Crippen LogP contribution < -0.4 is 0 Å². The molecule has 0 saturated carbocycles. The summed E-state index contributed by atoms with van der Waals surface area (Å²) >= 11 is 1.51. The van der Waals surface area contributed by atoms with Gasteiger partial charge in [-0.2, -0.15) is 0 Å². The number of amides is 1. The predicted molar refractivity (Wildman–Crippen MR) is 92.4 cm³/mol. The molecule has 4 nitrogen and oxygen atoms in total. The topological polar surface area (TPSA) is 57.6 Å². The van der Waals surface area contributed by atoms with Crippen molar-refractivity contribution in [2.75, 3.05) is 6.54 Å². The SMILES string of the molecule is CCCC[C@H](CC)CN1C(=O)C(O)=C(C(C)=O)[C@H]1c1cccs1. The summed E-state index contributed by atoms with van der Waals surface area (Å²) < 4.78 is 0. The monoisotopic (exact) mass is 335 g/mol. The number of Topliss-reactive ketones (excluding diaryl/α,β-unsaturated/α-hetero) is 1. The summed E-state index contributed by atoms with van der Waals surface area (Å²) in [6, 6.07) is 3.39. The molecule has 0 unspecified atom stereocenters. The number of nitrogens with zero attached hydrogens (tertiary/aromatic N) is 1. The van der Waals surface area contributed by atoms with Gasteiger partial charge in [0, 0.05) is 11.4 Å². The van der Waals surface area contributed by atoms with E-state index in [0.29, 0.717) is 12.5 Å². The minimum absolute atomic E-state index is 0.238. The van der Waals surface area contributed by atoms with Gasteiger partial charge in [-0.15, -0.1) is 11.3 Å². The molecule has 1 aliphatic heterocycles. The molecule has 1 N–H and O–H groups in total. The van der Waals surface area contributed by atoms with Gasteiger partial charge in [0.2, 0.25) is 0 Å². The number of thiophene rings is 1. The maximum Gasteiger partial charge on any atom is 0.290 e. The van der Waals surface area contributed by atoms with Crippen molar-refractivity contribution >= 4 is 23.0 Å². The first kappa shape index (κ1) is 17.7. The Morgan fingerprint density at radius 2 is 2.17 bits per heavy atom. The fraction of sp³-hybridized carbons (Fsp3) is 0.556. The normalized spacial score (nSPS) is 19.5. The van der Waals surface area contributed by atoms with Crippen LogP contribution in [0.25, 0.3) is 0 Å². The van der Waals surface area contributed by atoms with Crippen molar-refractivity contribution in [1.82, 2.24) is 4.90 Å². The fourth-order valence-electron chi connectivity index (χ4n) is 3.14. The van der Waals surface area contributed by atoms with Crippen molar-refractivity contribution in [1.29, 1.82) is 0 Å². The molecule has 2 rings (SSSR count). The average Bonchev–Trinajstić information content (AvgIpc) is 3.12. The van der Waals surface area contributed by atoms with E-state index in [0.717, 1.165) is 30.6 Å². The fourth-order valence-corrected chi connectivity index (χ4v) is 3.98. The van der Waals surface area contributed by atoms with E-state index >= 15 is 0 Å².